The fraction of sp³-hybridized carbons (Fsp3) is 0.973. The first kappa shape index (κ1) is 37.1. The topological polar surface area (TPSA) is 112 Å². The average Bonchev–Trinajstić information content (AvgIpc) is 3.37. The number of nitrogens with two attached hydrogens (primary N) is 1. The van der Waals surface area contributed by atoms with Crippen molar-refractivity contribution in [1.29, 1.82) is 0 Å². The second kappa shape index (κ2) is 18.1. The molecule has 4 fully saturated rings. The summed E-state index contributed by atoms with van der Waals surface area (Å²) in [5, 5.41) is 17.8. The number of hydrogen-bond donors (Lipinski definition) is 6. The molecule has 4 saturated carbocycles. The summed E-state index contributed by atoms with van der Waals surface area (Å²) in [6.45, 7) is 21.4. The molecule has 4 aliphatic carbocycles. The van der Waals surface area contributed by atoms with Crippen molar-refractivity contribution in [3.8, 4) is 0 Å². The molecule has 0 aromatic rings. The lowest BCUT2D eigenvalue weighted by molar-refractivity contribution is -0.148. The number of hydrogen-bond acceptors (Lipinski definition) is 8. The zero-order chi connectivity index (χ0) is 32.3. The van der Waals surface area contributed by atoms with Crippen LogP contribution in [0.15, 0.2) is 0 Å². The number of fused-ring (bicyclic) bond motifs is 5. The van der Waals surface area contributed by atoms with Gasteiger partial charge in [-0.2, -0.15) is 0 Å². The lowest BCUT2D eigenvalue weighted by atomic mass is 9.44. The van der Waals surface area contributed by atoms with Crippen LogP contribution < -0.4 is 32.3 Å². The third-order valence-corrected chi connectivity index (χ3v) is 13.1. The standard InChI is InChI=1S/C37H72N6O2/c1-27(2)45-35(44)11-6-28(3)32-9-10-33-31-8-7-29-26-30(12-14-36(29,4)34(31)13-15-37(32,33)5)43-25-24-42-23-22-41-21-20-40-19-18-39-17-16-38/h27-34,39-43H,6-26,38H2,1-5H3/t28-,29?,30+,31?,32?,33?,34?,36+,37-/m1/s1. The van der Waals surface area contributed by atoms with E-state index < -0.39 is 0 Å². The zero-order valence-corrected chi connectivity index (χ0v) is 29.9. The highest BCUT2D eigenvalue weighted by molar-refractivity contribution is 5.69. The number of ether oxygens (including phenoxy) is 1. The maximum absolute atomic E-state index is 12.3. The number of nitrogens with one attached hydrogen (secondary N) is 5. The van der Waals surface area contributed by atoms with Crippen LogP contribution in [0.1, 0.15) is 105 Å². The van der Waals surface area contributed by atoms with Crippen LogP contribution in [-0.4, -0.2) is 83.6 Å². The van der Waals surface area contributed by atoms with E-state index in [0.717, 1.165) is 94.9 Å². The van der Waals surface area contributed by atoms with Crippen LogP contribution in [0, 0.1) is 46.3 Å². The van der Waals surface area contributed by atoms with Gasteiger partial charge in [0.1, 0.15) is 0 Å². The van der Waals surface area contributed by atoms with Crippen molar-refractivity contribution in [2.45, 2.75) is 117 Å². The van der Waals surface area contributed by atoms with Crippen LogP contribution in [0.25, 0.3) is 0 Å². The Hall–Kier alpha value is -0.770. The van der Waals surface area contributed by atoms with E-state index in [9.17, 15) is 4.79 Å². The minimum Gasteiger partial charge on any atom is -0.463 e. The van der Waals surface area contributed by atoms with Gasteiger partial charge in [0.2, 0.25) is 0 Å². The highest BCUT2D eigenvalue weighted by atomic mass is 16.5. The third-order valence-electron chi connectivity index (χ3n) is 13.1. The molecule has 0 heterocycles. The Balaban J connectivity index is 1.12. The zero-order valence-electron chi connectivity index (χ0n) is 29.9. The highest BCUT2D eigenvalue weighted by Gasteiger charge is 2.60. The summed E-state index contributed by atoms with van der Waals surface area (Å²) in [6, 6.07) is 0.693. The van der Waals surface area contributed by atoms with Gasteiger partial charge < -0.3 is 37.1 Å². The van der Waals surface area contributed by atoms with Crippen LogP contribution in [0.3, 0.4) is 0 Å². The van der Waals surface area contributed by atoms with Gasteiger partial charge in [-0.3, -0.25) is 4.79 Å². The van der Waals surface area contributed by atoms with E-state index in [4.69, 9.17) is 10.5 Å². The third kappa shape index (κ3) is 9.88. The van der Waals surface area contributed by atoms with Crippen LogP contribution in [-0.2, 0) is 9.53 Å². The molecule has 0 amide bonds. The summed E-state index contributed by atoms with van der Waals surface area (Å²) < 4.78 is 5.45. The molecule has 0 aromatic heterocycles. The smallest absolute Gasteiger partial charge is 0.306 e. The van der Waals surface area contributed by atoms with Gasteiger partial charge in [0.05, 0.1) is 6.10 Å². The van der Waals surface area contributed by atoms with Crippen LogP contribution in [0.2, 0.25) is 0 Å². The molecule has 0 aliphatic heterocycles. The van der Waals surface area contributed by atoms with Gasteiger partial charge in [-0.1, -0.05) is 20.8 Å². The summed E-state index contributed by atoms with van der Waals surface area (Å²) in [5.74, 6) is 4.98. The fourth-order valence-corrected chi connectivity index (χ4v) is 10.8. The first-order valence-corrected chi connectivity index (χ1v) is 19.1. The van der Waals surface area contributed by atoms with Gasteiger partial charge in [-0.05, 0) is 124 Å². The predicted molar refractivity (Wildman–Crippen MR) is 187 cm³/mol. The fourth-order valence-electron chi connectivity index (χ4n) is 10.8. The molecule has 5 unspecified atom stereocenters. The molecular formula is C37H72N6O2. The molecule has 45 heavy (non-hydrogen) atoms. The Morgan fingerprint density at radius 3 is 2.00 bits per heavy atom. The van der Waals surface area contributed by atoms with Gasteiger partial charge >= 0.3 is 5.97 Å². The van der Waals surface area contributed by atoms with E-state index >= 15 is 0 Å². The van der Waals surface area contributed by atoms with Crippen LogP contribution in [0.4, 0.5) is 0 Å². The second-order valence-electron chi connectivity index (χ2n) is 16.2. The Morgan fingerprint density at radius 2 is 1.36 bits per heavy atom. The van der Waals surface area contributed by atoms with Crippen molar-refractivity contribution in [3.63, 3.8) is 0 Å². The van der Waals surface area contributed by atoms with E-state index in [-0.39, 0.29) is 12.1 Å². The Morgan fingerprint density at radius 1 is 0.756 bits per heavy atom. The minimum atomic E-state index is -0.0108. The van der Waals surface area contributed by atoms with Crippen molar-refractivity contribution < 1.29 is 9.53 Å². The molecule has 4 aliphatic rings. The Labute approximate surface area is 276 Å². The molecule has 9 atom stereocenters. The SMILES string of the molecule is CC(C)OC(=O)CC[C@@H](C)C1CCC2C3CCC4C[C@@H](NCCNCCNCCNCCNCCN)CC[C@]4(C)C3CC[C@@]21C. The lowest BCUT2D eigenvalue weighted by Crippen LogP contribution is -2.55. The average molecular weight is 633 g/mol. The van der Waals surface area contributed by atoms with Gasteiger partial charge in [0, 0.05) is 77.9 Å². The maximum atomic E-state index is 12.3. The first-order chi connectivity index (χ1) is 21.7. The molecule has 7 N–H and O–H groups in total. The molecular weight excluding hydrogens is 560 g/mol. The molecule has 0 spiro atoms. The summed E-state index contributed by atoms with van der Waals surface area (Å²) in [7, 11) is 0. The summed E-state index contributed by atoms with van der Waals surface area (Å²) in [4.78, 5) is 12.3. The Bertz CT molecular complexity index is 874. The molecule has 0 saturated heterocycles. The van der Waals surface area contributed by atoms with Crippen molar-refractivity contribution in [1.82, 2.24) is 26.6 Å². The largest absolute Gasteiger partial charge is 0.463 e. The van der Waals surface area contributed by atoms with E-state index in [1.54, 1.807) is 0 Å². The molecule has 262 valence electrons. The summed E-state index contributed by atoms with van der Waals surface area (Å²) >= 11 is 0. The lowest BCUT2D eigenvalue weighted by Gasteiger charge is -2.61. The van der Waals surface area contributed by atoms with E-state index in [1.807, 2.05) is 13.8 Å². The van der Waals surface area contributed by atoms with E-state index in [1.165, 1.54) is 57.8 Å². The summed E-state index contributed by atoms with van der Waals surface area (Å²) in [6.07, 6.45) is 14.2. The number of rotatable bonds is 20. The van der Waals surface area contributed by atoms with Gasteiger partial charge in [-0.15, -0.1) is 0 Å². The van der Waals surface area contributed by atoms with Crippen molar-refractivity contribution in [2.75, 3.05) is 65.4 Å². The molecule has 4 rings (SSSR count). The van der Waals surface area contributed by atoms with Crippen molar-refractivity contribution in [3.05, 3.63) is 0 Å². The Kier molecular flexibility index (Phi) is 14.9. The highest BCUT2D eigenvalue weighted by Crippen LogP contribution is 2.68. The monoisotopic (exact) mass is 633 g/mol. The molecule has 0 radical (unpaired) electrons. The number of carbonyl (C=O) groups excluding carboxylic acids is 1. The molecule has 8 nitrogen and oxygen atoms in total. The van der Waals surface area contributed by atoms with Gasteiger partial charge in [0.15, 0.2) is 0 Å². The quantitative estimate of drug-likeness (QED) is 0.0872. The summed E-state index contributed by atoms with van der Waals surface area (Å²) in [5.41, 5.74) is 6.49. The van der Waals surface area contributed by atoms with Crippen LogP contribution >= 0.6 is 0 Å². The number of carbonyl (C=O) groups is 1. The van der Waals surface area contributed by atoms with Crippen LogP contribution in [0.5, 0.6) is 0 Å². The maximum Gasteiger partial charge on any atom is 0.306 e. The predicted octanol–water partition coefficient (Wildman–Crippen LogP) is 4.29. The number of esters is 1. The van der Waals surface area contributed by atoms with Crippen molar-refractivity contribution >= 4 is 5.97 Å². The van der Waals surface area contributed by atoms with Gasteiger partial charge in [0.25, 0.3) is 0 Å². The molecule has 0 bridgehead atoms. The molecule has 8 heteroatoms. The van der Waals surface area contributed by atoms with Crippen molar-refractivity contribution in [2.24, 2.45) is 52.1 Å². The van der Waals surface area contributed by atoms with E-state index in [2.05, 4.69) is 47.4 Å². The van der Waals surface area contributed by atoms with Gasteiger partial charge in [-0.25, -0.2) is 0 Å². The first-order valence-electron chi connectivity index (χ1n) is 19.1. The molecule has 0 aromatic carbocycles. The second-order valence-corrected chi connectivity index (χ2v) is 16.2. The minimum absolute atomic E-state index is 0.00714. The van der Waals surface area contributed by atoms with E-state index in [0.29, 0.717) is 35.8 Å². The normalized spacial score (nSPS) is 35.1.